The predicted molar refractivity (Wildman–Crippen MR) is 87.0 cm³/mol. The SMILES string of the molecule is CCc1ccc(CC)c(C(N)Cc2ccc(C)cc2)c1. The Morgan fingerprint density at radius 1 is 0.900 bits per heavy atom. The third-order valence-corrected chi connectivity index (χ3v) is 3.98. The molecule has 0 heterocycles. The molecule has 0 fully saturated rings. The van der Waals surface area contributed by atoms with Gasteiger partial charge in [0.25, 0.3) is 0 Å². The van der Waals surface area contributed by atoms with E-state index in [1.54, 1.807) is 0 Å². The van der Waals surface area contributed by atoms with E-state index in [0.29, 0.717) is 0 Å². The number of aryl methyl sites for hydroxylation is 3. The van der Waals surface area contributed by atoms with Crippen LogP contribution in [-0.4, -0.2) is 0 Å². The first-order valence-electron chi connectivity index (χ1n) is 7.56. The minimum Gasteiger partial charge on any atom is -0.324 e. The predicted octanol–water partition coefficient (Wildman–Crippen LogP) is 4.36. The summed E-state index contributed by atoms with van der Waals surface area (Å²) in [7, 11) is 0. The summed E-state index contributed by atoms with van der Waals surface area (Å²) in [6.07, 6.45) is 3.01. The van der Waals surface area contributed by atoms with E-state index in [2.05, 4.69) is 63.2 Å². The minimum absolute atomic E-state index is 0.0826. The lowest BCUT2D eigenvalue weighted by Crippen LogP contribution is -2.15. The Kier molecular flexibility index (Phi) is 4.97. The summed E-state index contributed by atoms with van der Waals surface area (Å²) in [6.45, 7) is 6.50. The van der Waals surface area contributed by atoms with Crippen molar-refractivity contribution in [3.8, 4) is 0 Å². The van der Waals surface area contributed by atoms with Gasteiger partial charge in [-0.1, -0.05) is 61.9 Å². The first-order chi connectivity index (χ1) is 9.63. The molecule has 0 radical (unpaired) electrons. The molecule has 0 bridgehead atoms. The van der Waals surface area contributed by atoms with Gasteiger partial charge in [-0.15, -0.1) is 0 Å². The van der Waals surface area contributed by atoms with Gasteiger partial charge in [0.05, 0.1) is 0 Å². The molecule has 0 amide bonds. The number of hydrogen-bond acceptors (Lipinski definition) is 1. The van der Waals surface area contributed by atoms with Crippen LogP contribution in [0.2, 0.25) is 0 Å². The quantitative estimate of drug-likeness (QED) is 0.855. The van der Waals surface area contributed by atoms with Crippen LogP contribution in [0.4, 0.5) is 0 Å². The van der Waals surface area contributed by atoms with Gasteiger partial charge in [-0.25, -0.2) is 0 Å². The van der Waals surface area contributed by atoms with Crippen molar-refractivity contribution in [3.63, 3.8) is 0 Å². The molecule has 2 rings (SSSR count). The Morgan fingerprint density at radius 3 is 2.15 bits per heavy atom. The van der Waals surface area contributed by atoms with Gasteiger partial charge in [0.15, 0.2) is 0 Å². The molecule has 0 spiro atoms. The van der Waals surface area contributed by atoms with Crippen molar-refractivity contribution in [2.75, 3.05) is 0 Å². The molecule has 0 aromatic heterocycles. The van der Waals surface area contributed by atoms with Crippen molar-refractivity contribution in [2.45, 2.75) is 46.1 Å². The van der Waals surface area contributed by atoms with E-state index in [9.17, 15) is 0 Å². The Labute approximate surface area is 122 Å². The summed E-state index contributed by atoms with van der Waals surface area (Å²) in [5.41, 5.74) is 13.1. The van der Waals surface area contributed by atoms with Crippen LogP contribution < -0.4 is 5.73 Å². The number of nitrogens with two attached hydrogens (primary N) is 1. The second-order valence-corrected chi connectivity index (χ2v) is 5.54. The highest BCUT2D eigenvalue weighted by Crippen LogP contribution is 2.22. The average Bonchev–Trinajstić information content (AvgIpc) is 2.48. The fourth-order valence-electron chi connectivity index (χ4n) is 2.62. The van der Waals surface area contributed by atoms with E-state index in [1.807, 2.05) is 0 Å². The fraction of sp³-hybridized carbons (Fsp3) is 0.368. The summed E-state index contributed by atoms with van der Waals surface area (Å²) >= 11 is 0. The van der Waals surface area contributed by atoms with Crippen LogP contribution in [0.15, 0.2) is 42.5 Å². The summed E-state index contributed by atoms with van der Waals surface area (Å²) in [6, 6.07) is 15.5. The van der Waals surface area contributed by atoms with Gasteiger partial charge in [-0.2, -0.15) is 0 Å². The molecule has 2 aromatic rings. The van der Waals surface area contributed by atoms with Crippen LogP contribution in [0.1, 0.15) is 47.7 Å². The highest BCUT2D eigenvalue weighted by Gasteiger charge is 2.11. The van der Waals surface area contributed by atoms with E-state index >= 15 is 0 Å². The van der Waals surface area contributed by atoms with E-state index in [4.69, 9.17) is 5.73 Å². The molecule has 0 aliphatic rings. The molecular formula is C19H25N. The van der Waals surface area contributed by atoms with Crippen molar-refractivity contribution in [3.05, 3.63) is 70.3 Å². The van der Waals surface area contributed by atoms with Gasteiger partial charge in [0.1, 0.15) is 0 Å². The van der Waals surface area contributed by atoms with Crippen LogP contribution in [-0.2, 0) is 19.3 Å². The first-order valence-corrected chi connectivity index (χ1v) is 7.56. The van der Waals surface area contributed by atoms with Crippen LogP contribution in [0.3, 0.4) is 0 Å². The topological polar surface area (TPSA) is 26.0 Å². The van der Waals surface area contributed by atoms with Gasteiger partial charge in [-0.05, 0) is 48.4 Å². The zero-order valence-corrected chi connectivity index (χ0v) is 12.8. The molecule has 0 saturated carbocycles. The molecule has 106 valence electrons. The molecular weight excluding hydrogens is 242 g/mol. The monoisotopic (exact) mass is 267 g/mol. The van der Waals surface area contributed by atoms with E-state index < -0.39 is 0 Å². The summed E-state index contributed by atoms with van der Waals surface area (Å²) in [4.78, 5) is 0. The zero-order chi connectivity index (χ0) is 14.5. The Balaban J connectivity index is 2.23. The third kappa shape index (κ3) is 3.49. The minimum atomic E-state index is 0.0826. The van der Waals surface area contributed by atoms with Gasteiger partial charge in [-0.3, -0.25) is 0 Å². The van der Waals surface area contributed by atoms with Crippen LogP contribution in [0, 0.1) is 6.92 Å². The van der Waals surface area contributed by atoms with Crippen molar-refractivity contribution in [1.29, 1.82) is 0 Å². The molecule has 0 aliphatic carbocycles. The lowest BCUT2D eigenvalue weighted by atomic mass is 9.92. The lowest BCUT2D eigenvalue weighted by molar-refractivity contribution is 0.710. The summed E-state index contributed by atoms with van der Waals surface area (Å²) in [5, 5.41) is 0. The molecule has 1 atom stereocenters. The number of hydrogen-bond donors (Lipinski definition) is 1. The molecule has 1 heteroatoms. The highest BCUT2D eigenvalue weighted by atomic mass is 14.6. The van der Waals surface area contributed by atoms with Gasteiger partial charge in [0.2, 0.25) is 0 Å². The standard InChI is InChI=1S/C19H25N/c1-4-15-10-11-17(5-2)18(12-15)19(20)13-16-8-6-14(3)7-9-16/h6-12,19H,4-5,13,20H2,1-3H3. The first kappa shape index (κ1) is 14.8. The molecule has 2 N–H and O–H groups in total. The maximum atomic E-state index is 6.47. The average molecular weight is 267 g/mol. The molecule has 20 heavy (non-hydrogen) atoms. The Morgan fingerprint density at radius 2 is 1.55 bits per heavy atom. The number of rotatable bonds is 5. The largest absolute Gasteiger partial charge is 0.324 e. The van der Waals surface area contributed by atoms with Gasteiger partial charge < -0.3 is 5.73 Å². The normalized spacial score (nSPS) is 12.4. The zero-order valence-electron chi connectivity index (χ0n) is 12.8. The van der Waals surface area contributed by atoms with Crippen LogP contribution in [0.25, 0.3) is 0 Å². The fourth-order valence-corrected chi connectivity index (χ4v) is 2.62. The van der Waals surface area contributed by atoms with Crippen molar-refractivity contribution in [1.82, 2.24) is 0 Å². The third-order valence-electron chi connectivity index (χ3n) is 3.98. The van der Waals surface area contributed by atoms with Crippen LogP contribution in [0.5, 0.6) is 0 Å². The van der Waals surface area contributed by atoms with Crippen molar-refractivity contribution >= 4 is 0 Å². The summed E-state index contributed by atoms with van der Waals surface area (Å²) in [5.74, 6) is 0. The number of benzene rings is 2. The van der Waals surface area contributed by atoms with E-state index in [1.165, 1.54) is 27.8 Å². The smallest absolute Gasteiger partial charge is 0.0338 e. The Hall–Kier alpha value is -1.60. The van der Waals surface area contributed by atoms with E-state index in [0.717, 1.165) is 19.3 Å². The molecule has 2 aromatic carbocycles. The molecule has 1 unspecified atom stereocenters. The molecule has 0 saturated heterocycles. The molecule has 0 aliphatic heterocycles. The van der Waals surface area contributed by atoms with Gasteiger partial charge >= 0.3 is 0 Å². The Bertz CT molecular complexity index is 554. The molecule has 1 nitrogen and oxygen atoms in total. The second-order valence-electron chi connectivity index (χ2n) is 5.54. The van der Waals surface area contributed by atoms with Crippen LogP contribution >= 0.6 is 0 Å². The van der Waals surface area contributed by atoms with Gasteiger partial charge in [0, 0.05) is 6.04 Å². The van der Waals surface area contributed by atoms with Crippen molar-refractivity contribution < 1.29 is 0 Å². The maximum absolute atomic E-state index is 6.47. The second kappa shape index (κ2) is 6.71. The maximum Gasteiger partial charge on any atom is 0.0338 e. The summed E-state index contributed by atoms with van der Waals surface area (Å²) < 4.78 is 0. The van der Waals surface area contributed by atoms with E-state index in [-0.39, 0.29) is 6.04 Å². The highest BCUT2D eigenvalue weighted by molar-refractivity contribution is 5.36. The lowest BCUT2D eigenvalue weighted by Gasteiger charge is -2.17. The van der Waals surface area contributed by atoms with Crippen molar-refractivity contribution in [2.24, 2.45) is 5.73 Å².